The monoisotopic (exact) mass is 254 g/mol. The summed E-state index contributed by atoms with van der Waals surface area (Å²) < 4.78 is 7.50. The van der Waals surface area contributed by atoms with Crippen molar-refractivity contribution in [1.29, 1.82) is 0 Å². The fourth-order valence-corrected chi connectivity index (χ4v) is 2.24. The van der Waals surface area contributed by atoms with E-state index in [1.165, 1.54) is 6.33 Å². The van der Waals surface area contributed by atoms with Gasteiger partial charge in [-0.2, -0.15) is 0 Å². The van der Waals surface area contributed by atoms with Crippen LogP contribution in [0.3, 0.4) is 0 Å². The van der Waals surface area contributed by atoms with Crippen molar-refractivity contribution in [3.8, 4) is 0 Å². The topological polar surface area (TPSA) is 73.1 Å². The molecule has 2 aromatic rings. The van der Waals surface area contributed by atoms with E-state index in [1.807, 2.05) is 4.57 Å². The number of aliphatic hydroxyl groups excluding tert-OH is 1. The third kappa shape index (κ3) is 1.78. The van der Waals surface area contributed by atoms with E-state index in [2.05, 4.69) is 15.0 Å². The molecule has 1 N–H and O–H groups in total. The second-order valence-electron chi connectivity index (χ2n) is 3.96. The van der Waals surface area contributed by atoms with Crippen LogP contribution in [-0.4, -0.2) is 37.3 Å². The Morgan fingerprint density at radius 3 is 3.06 bits per heavy atom. The molecule has 2 aromatic heterocycles. The average molecular weight is 255 g/mol. The highest BCUT2D eigenvalue weighted by Gasteiger charge is 2.27. The van der Waals surface area contributed by atoms with Gasteiger partial charge < -0.3 is 9.84 Å². The third-order valence-electron chi connectivity index (χ3n) is 2.91. The Balaban J connectivity index is 1.99. The van der Waals surface area contributed by atoms with Crippen LogP contribution in [0.5, 0.6) is 0 Å². The number of nitrogens with zero attached hydrogens (tertiary/aromatic N) is 4. The lowest BCUT2D eigenvalue weighted by Gasteiger charge is -2.13. The van der Waals surface area contributed by atoms with Gasteiger partial charge in [-0.1, -0.05) is 11.6 Å². The van der Waals surface area contributed by atoms with Crippen LogP contribution in [0.25, 0.3) is 11.2 Å². The first-order valence-corrected chi connectivity index (χ1v) is 5.76. The van der Waals surface area contributed by atoms with E-state index in [-0.39, 0.29) is 18.9 Å². The number of aromatic nitrogens is 4. The highest BCUT2D eigenvalue weighted by Crippen LogP contribution is 2.30. The van der Waals surface area contributed by atoms with Gasteiger partial charge in [-0.25, -0.2) is 15.0 Å². The molecule has 0 radical (unpaired) electrons. The highest BCUT2D eigenvalue weighted by molar-refractivity contribution is 6.33. The van der Waals surface area contributed by atoms with E-state index in [0.717, 1.165) is 12.8 Å². The summed E-state index contributed by atoms with van der Waals surface area (Å²) in [7, 11) is 0. The van der Waals surface area contributed by atoms with Crippen molar-refractivity contribution in [3.05, 3.63) is 17.8 Å². The maximum absolute atomic E-state index is 9.04. The molecule has 6 nitrogen and oxygen atoms in total. The molecular formula is C10H11ClN4O2. The number of aliphatic hydroxyl groups is 1. The molecule has 3 heterocycles. The summed E-state index contributed by atoms with van der Waals surface area (Å²) in [5.74, 6) is 0. The Kier molecular flexibility index (Phi) is 2.70. The molecule has 1 saturated heterocycles. The van der Waals surface area contributed by atoms with E-state index < -0.39 is 0 Å². The average Bonchev–Trinajstić information content (AvgIpc) is 2.94. The Bertz CT molecular complexity index is 544. The SMILES string of the molecule is OC[C@H]1CC[C@H](n2cnc3c(Cl)ncnc32)O1. The normalized spacial score (nSPS) is 24.6. The molecule has 90 valence electrons. The number of rotatable bonds is 2. The lowest BCUT2D eigenvalue weighted by molar-refractivity contribution is -0.0207. The zero-order valence-electron chi connectivity index (χ0n) is 8.95. The molecule has 3 rings (SSSR count). The first-order chi connectivity index (χ1) is 8.29. The molecule has 0 amide bonds. The minimum atomic E-state index is -0.136. The van der Waals surface area contributed by atoms with Crippen LogP contribution in [0.1, 0.15) is 19.1 Å². The predicted molar refractivity (Wildman–Crippen MR) is 60.6 cm³/mol. The van der Waals surface area contributed by atoms with Gasteiger partial charge in [-0.3, -0.25) is 4.57 Å². The van der Waals surface area contributed by atoms with Crippen molar-refractivity contribution in [1.82, 2.24) is 19.5 Å². The minimum Gasteiger partial charge on any atom is -0.394 e. The van der Waals surface area contributed by atoms with Gasteiger partial charge in [0.1, 0.15) is 18.1 Å². The molecule has 1 aliphatic rings. The van der Waals surface area contributed by atoms with E-state index in [1.54, 1.807) is 6.33 Å². The van der Waals surface area contributed by atoms with Crippen molar-refractivity contribution in [2.75, 3.05) is 6.61 Å². The number of hydrogen-bond acceptors (Lipinski definition) is 5. The summed E-state index contributed by atoms with van der Waals surface area (Å²) in [6.07, 6.45) is 4.48. The van der Waals surface area contributed by atoms with Crippen molar-refractivity contribution < 1.29 is 9.84 Å². The number of halogens is 1. The van der Waals surface area contributed by atoms with Gasteiger partial charge in [-0.05, 0) is 12.8 Å². The lowest BCUT2D eigenvalue weighted by Crippen LogP contribution is -2.14. The molecule has 17 heavy (non-hydrogen) atoms. The van der Waals surface area contributed by atoms with Crippen LogP contribution >= 0.6 is 11.6 Å². The van der Waals surface area contributed by atoms with Gasteiger partial charge >= 0.3 is 0 Å². The predicted octanol–water partition coefficient (Wildman–Crippen LogP) is 1.15. The van der Waals surface area contributed by atoms with Crippen LogP contribution in [0.2, 0.25) is 5.15 Å². The van der Waals surface area contributed by atoms with Crippen LogP contribution < -0.4 is 0 Å². The Labute approximate surface area is 102 Å². The van der Waals surface area contributed by atoms with Gasteiger partial charge in [0.25, 0.3) is 0 Å². The molecule has 7 heteroatoms. The smallest absolute Gasteiger partial charge is 0.166 e. The first-order valence-electron chi connectivity index (χ1n) is 5.39. The molecule has 1 fully saturated rings. The summed E-state index contributed by atoms with van der Waals surface area (Å²) in [6, 6.07) is 0. The highest BCUT2D eigenvalue weighted by atomic mass is 35.5. The summed E-state index contributed by atoms with van der Waals surface area (Å²) in [5.41, 5.74) is 1.24. The molecule has 0 unspecified atom stereocenters. The molecular weight excluding hydrogens is 244 g/mol. The van der Waals surface area contributed by atoms with Gasteiger partial charge in [0.15, 0.2) is 10.8 Å². The van der Waals surface area contributed by atoms with Gasteiger partial charge in [0.2, 0.25) is 0 Å². The second kappa shape index (κ2) is 4.21. The Hall–Kier alpha value is -1.24. The molecule has 0 saturated carbocycles. The molecule has 0 spiro atoms. The maximum atomic E-state index is 9.04. The van der Waals surface area contributed by atoms with E-state index >= 15 is 0 Å². The molecule has 1 aliphatic heterocycles. The fraction of sp³-hybridized carbons (Fsp3) is 0.500. The quantitative estimate of drug-likeness (QED) is 0.814. The summed E-state index contributed by atoms with van der Waals surface area (Å²) >= 11 is 5.93. The first kappa shape index (κ1) is 10.9. The lowest BCUT2D eigenvalue weighted by atomic mass is 10.2. The number of imidazole rings is 1. The zero-order valence-corrected chi connectivity index (χ0v) is 9.71. The number of ether oxygens (including phenoxy) is 1. The van der Waals surface area contributed by atoms with Crippen molar-refractivity contribution >= 4 is 22.8 Å². The van der Waals surface area contributed by atoms with Crippen LogP contribution in [0.4, 0.5) is 0 Å². The van der Waals surface area contributed by atoms with E-state index in [4.69, 9.17) is 21.4 Å². The minimum absolute atomic E-state index is 0.0405. The Morgan fingerprint density at radius 2 is 2.29 bits per heavy atom. The number of hydrogen-bond donors (Lipinski definition) is 1. The van der Waals surface area contributed by atoms with Gasteiger partial charge in [0, 0.05) is 0 Å². The van der Waals surface area contributed by atoms with Crippen LogP contribution in [0, 0.1) is 0 Å². The maximum Gasteiger partial charge on any atom is 0.166 e. The molecule has 0 aliphatic carbocycles. The Morgan fingerprint density at radius 1 is 1.41 bits per heavy atom. The second-order valence-corrected chi connectivity index (χ2v) is 4.32. The largest absolute Gasteiger partial charge is 0.394 e. The van der Waals surface area contributed by atoms with E-state index in [9.17, 15) is 0 Å². The molecule has 0 aromatic carbocycles. The molecule has 2 atom stereocenters. The van der Waals surface area contributed by atoms with Gasteiger partial charge in [-0.15, -0.1) is 0 Å². The zero-order chi connectivity index (χ0) is 11.8. The van der Waals surface area contributed by atoms with Crippen molar-refractivity contribution in [2.24, 2.45) is 0 Å². The summed E-state index contributed by atoms with van der Waals surface area (Å²) in [6.45, 7) is 0.0405. The van der Waals surface area contributed by atoms with Crippen LogP contribution in [0.15, 0.2) is 12.7 Å². The van der Waals surface area contributed by atoms with Gasteiger partial charge in [0.05, 0.1) is 19.0 Å². The standard InChI is InChI=1S/C10H11ClN4O2/c11-9-8-10(13-4-12-9)15(5-14-8)7-2-1-6(3-16)17-7/h4-7,16H,1-3H2/t6-,7-/m1/s1. The third-order valence-corrected chi connectivity index (χ3v) is 3.19. The van der Waals surface area contributed by atoms with Crippen molar-refractivity contribution in [2.45, 2.75) is 25.2 Å². The van der Waals surface area contributed by atoms with Crippen LogP contribution in [-0.2, 0) is 4.74 Å². The number of fused-ring (bicyclic) bond motifs is 1. The fourth-order valence-electron chi connectivity index (χ4n) is 2.06. The van der Waals surface area contributed by atoms with Crippen molar-refractivity contribution in [3.63, 3.8) is 0 Å². The summed E-state index contributed by atoms with van der Waals surface area (Å²) in [5, 5.41) is 9.38. The van der Waals surface area contributed by atoms with E-state index in [0.29, 0.717) is 16.3 Å². The molecule has 0 bridgehead atoms. The summed E-state index contributed by atoms with van der Waals surface area (Å²) in [4.78, 5) is 12.2.